The molecule has 0 fully saturated rings. The van der Waals surface area contributed by atoms with Crippen molar-refractivity contribution in [2.75, 3.05) is 6.26 Å². The van der Waals surface area contributed by atoms with Crippen LogP contribution in [0.5, 0.6) is 0 Å². The number of imidazole rings is 1. The van der Waals surface area contributed by atoms with Crippen LogP contribution < -0.4 is 0 Å². The van der Waals surface area contributed by atoms with E-state index in [-0.39, 0.29) is 11.7 Å². The van der Waals surface area contributed by atoms with Gasteiger partial charge in [-0.1, -0.05) is 18.2 Å². The molecule has 6 heteroatoms. The third-order valence-corrected chi connectivity index (χ3v) is 4.14. The van der Waals surface area contributed by atoms with Gasteiger partial charge in [0.05, 0.1) is 23.9 Å². The van der Waals surface area contributed by atoms with E-state index in [4.69, 9.17) is 4.28 Å². The number of hydroxylamine groups is 2. The topological polar surface area (TPSA) is 47.1 Å². The van der Waals surface area contributed by atoms with Gasteiger partial charge in [-0.3, -0.25) is 4.79 Å². The lowest BCUT2D eigenvalue weighted by Gasteiger charge is -2.09. The average molecular weight is 299 g/mol. The van der Waals surface area contributed by atoms with E-state index in [1.54, 1.807) is 12.5 Å². The summed E-state index contributed by atoms with van der Waals surface area (Å²) in [7, 11) is 0. The molecule has 1 unspecified atom stereocenters. The highest BCUT2D eigenvalue weighted by Gasteiger charge is 2.35. The molecule has 1 atom stereocenters. The van der Waals surface area contributed by atoms with Crippen LogP contribution in [-0.4, -0.2) is 26.7 Å². The molecule has 4 rings (SSSR count). The first-order chi connectivity index (χ1) is 10.3. The molecule has 0 saturated carbocycles. The van der Waals surface area contributed by atoms with Crippen LogP contribution in [0.2, 0.25) is 0 Å². The number of nitrogens with zero attached hydrogens (tertiary/aromatic N) is 3. The Hall–Kier alpha value is -2.05. The van der Waals surface area contributed by atoms with Crippen LogP contribution in [0.1, 0.15) is 23.6 Å². The van der Waals surface area contributed by atoms with Gasteiger partial charge in [0.1, 0.15) is 5.70 Å². The van der Waals surface area contributed by atoms with E-state index in [9.17, 15) is 4.79 Å². The SMILES string of the molecule is CSON1C=C1C(=O)CC1c2ccccc2-n2cncc21. The van der Waals surface area contributed by atoms with Crippen molar-refractivity contribution in [1.82, 2.24) is 14.6 Å². The summed E-state index contributed by atoms with van der Waals surface area (Å²) in [5.74, 6) is 0.160. The third-order valence-electron chi connectivity index (χ3n) is 3.84. The first kappa shape index (κ1) is 12.7. The molecule has 2 aromatic rings. The molecule has 1 aromatic carbocycles. The zero-order valence-corrected chi connectivity index (χ0v) is 12.2. The van der Waals surface area contributed by atoms with Gasteiger partial charge in [0.25, 0.3) is 0 Å². The van der Waals surface area contributed by atoms with Gasteiger partial charge in [0, 0.05) is 36.8 Å². The summed E-state index contributed by atoms with van der Waals surface area (Å²) >= 11 is 1.22. The van der Waals surface area contributed by atoms with E-state index in [1.165, 1.54) is 22.7 Å². The molecule has 5 nitrogen and oxygen atoms in total. The Kier molecular flexibility index (Phi) is 2.87. The predicted octanol–water partition coefficient (Wildman–Crippen LogP) is 2.64. The lowest BCUT2D eigenvalue weighted by Crippen LogP contribution is -2.09. The maximum atomic E-state index is 12.4. The highest BCUT2D eigenvalue weighted by Crippen LogP contribution is 2.41. The number of rotatable bonds is 5. The molecule has 0 N–H and O–H groups in total. The van der Waals surface area contributed by atoms with Gasteiger partial charge in [-0.25, -0.2) is 10.0 Å². The van der Waals surface area contributed by atoms with Crippen molar-refractivity contribution in [3.63, 3.8) is 0 Å². The fourth-order valence-corrected chi connectivity index (χ4v) is 3.13. The summed E-state index contributed by atoms with van der Waals surface area (Å²) in [6, 6.07) is 8.15. The van der Waals surface area contributed by atoms with Crippen LogP contribution in [0.4, 0.5) is 0 Å². The van der Waals surface area contributed by atoms with E-state index < -0.39 is 0 Å². The molecule has 106 valence electrons. The minimum absolute atomic E-state index is 0.0637. The second-order valence-electron chi connectivity index (χ2n) is 5.01. The highest BCUT2D eigenvalue weighted by atomic mass is 32.2. The van der Waals surface area contributed by atoms with Crippen molar-refractivity contribution in [2.45, 2.75) is 12.3 Å². The van der Waals surface area contributed by atoms with Gasteiger partial charge < -0.3 is 4.57 Å². The number of para-hydroxylation sites is 1. The van der Waals surface area contributed by atoms with Gasteiger partial charge in [0.15, 0.2) is 5.78 Å². The first-order valence-corrected chi connectivity index (χ1v) is 7.81. The van der Waals surface area contributed by atoms with E-state index in [2.05, 4.69) is 21.7 Å². The van der Waals surface area contributed by atoms with Crippen LogP contribution >= 0.6 is 12.0 Å². The number of allylic oxidation sites excluding steroid dienone is 1. The number of ketones is 1. The van der Waals surface area contributed by atoms with Crippen molar-refractivity contribution in [3.05, 3.63) is 59.9 Å². The average Bonchev–Trinajstić information content (AvgIpc) is 3.00. The van der Waals surface area contributed by atoms with Gasteiger partial charge in [0.2, 0.25) is 0 Å². The molecule has 3 heterocycles. The van der Waals surface area contributed by atoms with Gasteiger partial charge in [-0.2, -0.15) is 4.28 Å². The maximum absolute atomic E-state index is 12.4. The molecular weight excluding hydrogens is 286 g/mol. The molecule has 0 spiro atoms. The number of hydrogen-bond acceptors (Lipinski definition) is 5. The van der Waals surface area contributed by atoms with Crippen LogP contribution in [0.25, 0.3) is 5.69 Å². The number of aromatic nitrogens is 2. The third kappa shape index (κ3) is 1.99. The Morgan fingerprint density at radius 3 is 3.14 bits per heavy atom. The minimum atomic E-state index is 0.0637. The van der Waals surface area contributed by atoms with Crippen molar-refractivity contribution in [2.24, 2.45) is 0 Å². The van der Waals surface area contributed by atoms with Crippen molar-refractivity contribution in [1.29, 1.82) is 0 Å². The Bertz CT molecular complexity index is 753. The van der Waals surface area contributed by atoms with Crippen molar-refractivity contribution in [3.8, 4) is 5.69 Å². The monoisotopic (exact) mass is 299 g/mol. The molecule has 2 aliphatic rings. The van der Waals surface area contributed by atoms with E-state index >= 15 is 0 Å². The fourth-order valence-electron chi connectivity index (χ4n) is 2.85. The number of carbonyl (C=O) groups is 1. The Morgan fingerprint density at radius 2 is 2.29 bits per heavy atom. The lowest BCUT2D eigenvalue weighted by molar-refractivity contribution is -0.117. The number of carbonyl (C=O) groups excluding carboxylic acids is 1. The normalized spacial score (nSPS) is 18.2. The van der Waals surface area contributed by atoms with Crippen LogP contribution in [-0.2, 0) is 9.08 Å². The summed E-state index contributed by atoms with van der Waals surface area (Å²) < 4.78 is 7.25. The van der Waals surface area contributed by atoms with E-state index in [0.29, 0.717) is 12.1 Å². The summed E-state index contributed by atoms with van der Waals surface area (Å²) in [5.41, 5.74) is 4.01. The molecule has 2 aliphatic heterocycles. The summed E-state index contributed by atoms with van der Waals surface area (Å²) in [5, 5.41) is 1.52. The van der Waals surface area contributed by atoms with Crippen LogP contribution in [0, 0.1) is 0 Å². The minimum Gasteiger partial charge on any atom is -0.302 e. The number of hydrogen-bond donors (Lipinski definition) is 0. The molecule has 21 heavy (non-hydrogen) atoms. The fraction of sp³-hybridized carbons (Fsp3) is 0.200. The molecule has 0 aliphatic carbocycles. The number of Topliss-reactive ketones (excluding diaryl/α,β-unsaturated/α-hetero) is 1. The summed E-state index contributed by atoms with van der Waals surface area (Å²) in [6.45, 7) is 0. The van der Waals surface area contributed by atoms with Crippen LogP contribution in [0.3, 0.4) is 0 Å². The first-order valence-electron chi connectivity index (χ1n) is 6.66. The Balaban J connectivity index is 1.59. The van der Waals surface area contributed by atoms with Crippen molar-refractivity contribution >= 4 is 17.8 Å². The molecule has 0 amide bonds. The Labute approximate surface area is 126 Å². The lowest BCUT2D eigenvalue weighted by atomic mass is 9.92. The molecule has 0 saturated heterocycles. The molecular formula is C15H13N3O2S. The summed E-state index contributed by atoms with van der Waals surface area (Å²) in [6.07, 6.45) is 7.62. The Morgan fingerprint density at radius 1 is 1.43 bits per heavy atom. The zero-order valence-electron chi connectivity index (χ0n) is 11.4. The van der Waals surface area contributed by atoms with Gasteiger partial charge in [-0.05, 0) is 11.6 Å². The van der Waals surface area contributed by atoms with Gasteiger partial charge in [-0.15, -0.1) is 0 Å². The second-order valence-corrected chi connectivity index (χ2v) is 5.49. The van der Waals surface area contributed by atoms with E-state index in [0.717, 1.165) is 11.4 Å². The standard InChI is InChI=1S/C15H13N3O2S/c1-21-20-18-8-14(18)15(19)6-11-10-4-2-3-5-12(10)17-9-16-7-13(11)17/h2-5,7-9,11H,6H2,1H3. The van der Waals surface area contributed by atoms with Gasteiger partial charge >= 0.3 is 0 Å². The largest absolute Gasteiger partial charge is 0.302 e. The number of fused-ring (bicyclic) bond motifs is 3. The van der Waals surface area contributed by atoms with Crippen molar-refractivity contribution < 1.29 is 9.08 Å². The summed E-state index contributed by atoms with van der Waals surface area (Å²) in [4.78, 5) is 16.6. The smallest absolute Gasteiger partial charge is 0.184 e. The molecule has 1 aromatic heterocycles. The highest BCUT2D eigenvalue weighted by molar-refractivity contribution is 7.93. The van der Waals surface area contributed by atoms with E-state index in [1.807, 2.05) is 24.6 Å². The molecule has 0 radical (unpaired) electrons. The van der Waals surface area contributed by atoms with Crippen LogP contribution in [0.15, 0.2) is 48.7 Å². The number of benzene rings is 1. The molecule has 0 bridgehead atoms. The zero-order chi connectivity index (χ0) is 14.4. The quantitative estimate of drug-likeness (QED) is 0.794. The second kappa shape index (κ2) is 4.75. The predicted molar refractivity (Wildman–Crippen MR) is 79.6 cm³/mol. The maximum Gasteiger partial charge on any atom is 0.184 e.